The van der Waals surface area contributed by atoms with E-state index >= 15 is 0 Å². The van der Waals surface area contributed by atoms with Crippen molar-refractivity contribution >= 4 is 11.5 Å². The lowest BCUT2D eigenvalue weighted by Crippen LogP contribution is -2.21. The van der Waals surface area contributed by atoms with Gasteiger partial charge in [-0.1, -0.05) is 0 Å². The maximum absolute atomic E-state index is 8.64. The molecule has 0 atom stereocenters. The Balaban J connectivity index is 2.55. The highest BCUT2D eigenvalue weighted by Crippen LogP contribution is 2.36. The van der Waals surface area contributed by atoms with Gasteiger partial charge in [-0.25, -0.2) is 4.98 Å². The molecule has 0 saturated carbocycles. The third-order valence-electron chi connectivity index (χ3n) is 2.33. The van der Waals surface area contributed by atoms with E-state index < -0.39 is 0 Å². The van der Waals surface area contributed by atoms with Gasteiger partial charge in [-0.15, -0.1) is 0 Å². The zero-order valence-corrected chi connectivity index (χ0v) is 8.10. The van der Waals surface area contributed by atoms with Crippen LogP contribution < -0.4 is 9.80 Å². The number of anilines is 2. The number of aromatic nitrogens is 1. The summed E-state index contributed by atoms with van der Waals surface area (Å²) >= 11 is 0. The molecule has 0 N–H and O–H groups in total. The average molecular weight is 186 g/mol. The van der Waals surface area contributed by atoms with Crippen LogP contribution in [0.1, 0.15) is 0 Å². The van der Waals surface area contributed by atoms with E-state index in [-0.39, 0.29) is 0 Å². The number of hydrogen-bond acceptors (Lipinski definition) is 4. The Hall–Kier alpha value is -2.02. The smallest absolute Gasteiger partial charge is 0.157 e. The first-order valence-electron chi connectivity index (χ1n) is 4.28. The Morgan fingerprint density at radius 1 is 1.43 bits per heavy atom. The normalized spacial score (nSPS) is 17.1. The second-order valence-corrected chi connectivity index (χ2v) is 3.10. The summed E-state index contributed by atoms with van der Waals surface area (Å²) in [5.74, 6) is 1.73. The van der Waals surface area contributed by atoms with Gasteiger partial charge in [0.05, 0.1) is 17.8 Å². The van der Waals surface area contributed by atoms with Gasteiger partial charge in [-0.3, -0.25) is 0 Å². The van der Waals surface area contributed by atoms with Crippen LogP contribution in [0.15, 0.2) is 30.2 Å². The Morgan fingerprint density at radius 3 is 2.86 bits per heavy atom. The second kappa shape index (κ2) is 3.04. The van der Waals surface area contributed by atoms with Crippen LogP contribution in [0.5, 0.6) is 0 Å². The number of nitrogens with zero attached hydrogens (tertiary/aromatic N) is 4. The van der Waals surface area contributed by atoms with Crippen molar-refractivity contribution in [2.45, 2.75) is 0 Å². The number of rotatable bonds is 0. The van der Waals surface area contributed by atoms with Crippen LogP contribution in [0.2, 0.25) is 0 Å². The van der Waals surface area contributed by atoms with Gasteiger partial charge < -0.3 is 9.80 Å². The maximum Gasteiger partial charge on any atom is 0.157 e. The molecular weight excluding hydrogens is 176 g/mol. The molecular formula is C10H10N4. The molecule has 1 aromatic rings. The molecule has 70 valence electrons. The van der Waals surface area contributed by atoms with Gasteiger partial charge in [0, 0.05) is 20.3 Å². The summed E-state index contributed by atoms with van der Waals surface area (Å²) in [6.45, 7) is 0. The van der Waals surface area contributed by atoms with Crippen LogP contribution in [0.25, 0.3) is 0 Å². The van der Waals surface area contributed by atoms with Crippen LogP contribution in [0.4, 0.5) is 11.5 Å². The predicted octanol–water partition coefficient (Wildman–Crippen LogP) is 1.33. The molecule has 0 unspecified atom stereocenters. The minimum atomic E-state index is 0.848. The van der Waals surface area contributed by atoms with E-state index in [4.69, 9.17) is 5.26 Å². The summed E-state index contributed by atoms with van der Waals surface area (Å²) in [4.78, 5) is 8.11. The molecule has 0 bridgehead atoms. The summed E-state index contributed by atoms with van der Waals surface area (Å²) in [7, 11) is 3.83. The fraction of sp³-hybridized carbons (Fsp3) is 0.200. The molecule has 0 spiro atoms. The highest BCUT2D eigenvalue weighted by Gasteiger charge is 2.26. The summed E-state index contributed by atoms with van der Waals surface area (Å²) in [5, 5.41) is 8.64. The van der Waals surface area contributed by atoms with E-state index in [0.29, 0.717) is 0 Å². The summed E-state index contributed by atoms with van der Waals surface area (Å²) in [5.41, 5.74) is 1.02. The fourth-order valence-corrected chi connectivity index (χ4v) is 1.62. The predicted molar refractivity (Wildman–Crippen MR) is 54.7 cm³/mol. The third-order valence-corrected chi connectivity index (χ3v) is 2.33. The van der Waals surface area contributed by atoms with Crippen LogP contribution >= 0.6 is 0 Å². The van der Waals surface area contributed by atoms with Gasteiger partial charge in [0.2, 0.25) is 0 Å². The molecule has 4 heteroatoms. The number of allylic oxidation sites excluding steroid dienone is 1. The largest absolute Gasteiger partial charge is 0.327 e. The summed E-state index contributed by atoms with van der Waals surface area (Å²) in [6.07, 6.45) is 3.26. The lowest BCUT2D eigenvalue weighted by Gasteiger charge is -2.15. The SMILES string of the molecule is CN1/C(=C\C#N)N(C)c2ncccc21. The summed E-state index contributed by atoms with van der Waals surface area (Å²) in [6, 6.07) is 5.90. The van der Waals surface area contributed by atoms with Gasteiger partial charge in [0.25, 0.3) is 0 Å². The molecule has 1 aromatic heterocycles. The number of hydrogen-bond donors (Lipinski definition) is 0. The minimum Gasteiger partial charge on any atom is -0.327 e. The van der Waals surface area contributed by atoms with E-state index in [1.807, 2.05) is 42.1 Å². The van der Waals surface area contributed by atoms with Crippen molar-refractivity contribution in [1.29, 1.82) is 5.26 Å². The van der Waals surface area contributed by atoms with Crippen LogP contribution in [-0.2, 0) is 0 Å². The topological polar surface area (TPSA) is 43.2 Å². The van der Waals surface area contributed by atoms with Gasteiger partial charge >= 0.3 is 0 Å². The van der Waals surface area contributed by atoms with Crippen molar-refractivity contribution in [1.82, 2.24) is 4.98 Å². The molecule has 1 aliphatic rings. The van der Waals surface area contributed by atoms with Crippen molar-refractivity contribution in [2.24, 2.45) is 0 Å². The Labute approximate surface area is 82.7 Å². The zero-order valence-electron chi connectivity index (χ0n) is 8.10. The molecule has 0 aliphatic carbocycles. The molecule has 0 amide bonds. The molecule has 2 heterocycles. The Bertz CT molecular complexity index is 399. The van der Waals surface area contributed by atoms with Gasteiger partial charge in [-0.2, -0.15) is 5.26 Å². The fourth-order valence-electron chi connectivity index (χ4n) is 1.62. The molecule has 0 radical (unpaired) electrons. The first-order valence-corrected chi connectivity index (χ1v) is 4.28. The molecule has 0 aromatic carbocycles. The van der Waals surface area contributed by atoms with Crippen molar-refractivity contribution in [3.8, 4) is 6.07 Å². The Kier molecular flexibility index (Phi) is 1.86. The van der Waals surface area contributed by atoms with Gasteiger partial charge in [0.15, 0.2) is 5.82 Å². The molecule has 14 heavy (non-hydrogen) atoms. The monoisotopic (exact) mass is 186 g/mol. The molecule has 0 fully saturated rings. The highest BCUT2D eigenvalue weighted by molar-refractivity contribution is 5.78. The van der Waals surface area contributed by atoms with Crippen LogP contribution in [0.3, 0.4) is 0 Å². The third kappa shape index (κ3) is 1.03. The van der Waals surface area contributed by atoms with E-state index in [1.54, 1.807) is 6.20 Å². The quantitative estimate of drug-likeness (QED) is 0.573. The standard InChI is InChI=1S/C10H10N4/c1-13-8-4-3-7-12-10(8)14(2)9(13)5-6-11/h3-5,7H,1-2H3/b9-5+. The highest BCUT2D eigenvalue weighted by atomic mass is 15.4. The molecule has 0 saturated heterocycles. The average Bonchev–Trinajstić information content (AvgIpc) is 2.45. The minimum absolute atomic E-state index is 0.848. The lowest BCUT2D eigenvalue weighted by molar-refractivity contribution is 1.04. The van der Waals surface area contributed by atoms with E-state index in [9.17, 15) is 0 Å². The second-order valence-electron chi connectivity index (χ2n) is 3.10. The zero-order chi connectivity index (χ0) is 10.1. The molecule has 2 rings (SSSR count). The number of nitriles is 1. The van der Waals surface area contributed by atoms with Crippen molar-refractivity contribution in [3.05, 3.63) is 30.2 Å². The van der Waals surface area contributed by atoms with Gasteiger partial charge in [0.1, 0.15) is 5.82 Å². The number of fused-ring (bicyclic) bond motifs is 1. The van der Waals surface area contributed by atoms with Crippen LogP contribution in [-0.4, -0.2) is 19.1 Å². The van der Waals surface area contributed by atoms with Gasteiger partial charge in [-0.05, 0) is 12.1 Å². The Morgan fingerprint density at radius 2 is 2.21 bits per heavy atom. The van der Waals surface area contributed by atoms with E-state index in [2.05, 4.69) is 4.98 Å². The van der Waals surface area contributed by atoms with Crippen molar-refractivity contribution in [3.63, 3.8) is 0 Å². The van der Waals surface area contributed by atoms with Crippen molar-refractivity contribution in [2.75, 3.05) is 23.9 Å². The first-order chi connectivity index (χ1) is 6.75. The summed E-state index contributed by atoms with van der Waals surface area (Å²) < 4.78 is 0. The molecule has 4 nitrogen and oxygen atoms in total. The molecule has 1 aliphatic heterocycles. The maximum atomic E-state index is 8.64. The van der Waals surface area contributed by atoms with Crippen molar-refractivity contribution < 1.29 is 0 Å². The van der Waals surface area contributed by atoms with Crippen LogP contribution in [0, 0.1) is 11.3 Å². The van der Waals surface area contributed by atoms with E-state index in [0.717, 1.165) is 17.3 Å². The van der Waals surface area contributed by atoms with E-state index in [1.165, 1.54) is 6.08 Å². The first kappa shape index (κ1) is 8.57. The lowest BCUT2D eigenvalue weighted by atomic mass is 10.4. The number of pyridine rings is 1.